The molecule has 0 saturated carbocycles. The summed E-state index contributed by atoms with van der Waals surface area (Å²) in [6.07, 6.45) is 2.76. The van der Waals surface area contributed by atoms with Crippen LogP contribution in [0.3, 0.4) is 0 Å². The number of carbonyl (C=O) groups excluding carboxylic acids is 1. The van der Waals surface area contributed by atoms with Crippen molar-refractivity contribution in [2.45, 2.75) is 76.4 Å². The van der Waals surface area contributed by atoms with Crippen molar-refractivity contribution in [1.82, 2.24) is 24.4 Å². The lowest BCUT2D eigenvalue weighted by Gasteiger charge is -2.35. The Kier molecular flexibility index (Phi) is 7.18. The van der Waals surface area contributed by atoms with E-state index >= 15 is 0 Å². The van der Waals surface area contributed by atoms with Crippen LogP contribution in [0.15, 0.2) is 12.5 Å². The number of anilines is 2. The number of rotatable bonds is 7. The Morgan fingerprint density at radius 1 is 1.08 bits per heavy atom. The van der Waals surface area contributed by atoms with Crippen LogP contribution in [0.2, 0.25) is 0 Å². The van der Waals surface area contributed by atoms with Crippen LogP contribution in [0.1, 0.15) is 74.4 Å². The minimum atomic E-state index is -4.18. The molecular formula is C25H34F3N7O. The van der Waals surface area contributed by atoms with Crippen molar-refractivity contribution < 1.29 is 18.0 Å². The first-order valence-corrected chi connectivity index (χ1v) is 13.0. The molecule has 0 spiro atoms. The Hall–Kier alpha value is -2.69. The monoisotopic (exact) mass is 505 g/mol. The molecule has 1 atom stereocenters. The molecule has 8 nitrogen and oxygen atoms in total. The van der Waals surface area contributed by atoms with E-state index in [0.717, 1.165) is 69.3 Å². The van der Waals surface area contributed by atoms with Gasteiger partial charge in [-0.25, -0.2) is 15.0 Å². The number of piperidine rings is 1. The molecule has 0 aliphatic carbocycles. The number of nitrogens with zero attached hydrogens (tertiary/aromatic N) is 6. The summed E-state index contributed by atoms with van der Waals surface area (Å²) in [6, 6.07) is 0. The number of aryl methyl sites for hydroxylation is 1. The molecular weight excluding hydrogens is 471 g/mol. The lowest BCUT2D eigenvalue weighted by atomic mass is 9.92. The van der Waals surface area contributed by atoms with E-state index < -0.39 is 12.6 Å². The van der Waals surface area contributed by atoms with Gasteiger partial charge in [-0.2, -0.15) is 13.2 Å². The minimum Gasteiger partial charge on any atom is -0.356 e. The number of carbonyl (C=O) groups is 1. The van der Waals surface area contributed by atoms with E-state index in [9.17, 15) is 18.0 Å². The molecule has 2 aromatic heterocycles. The van der Waals surface area contributed by atoms with Gasteiger partial charge in [0.25, 0.3) is 0 Å². The number of hydrogen-bond donors (Lipinski definition) is 1. The second-order valence-electron chi connectivity index (χ2n) is 10.3. The van der Waals surface area contributed by atoms with Crippen LogP contribution in [0.25, 0.3) is 0 Å². The molecule has 0 radical (unpaired) electrons. The molecule has 0 bridgehead atoms. The van der Waals surface area contributed by atoms with Crippen LogP contribution in [0.5, 0.6) is 0 Å². The zero-order valence-electron chi connectivity index (χ0n) is 20.7. The number of nitrogens with one attached hydrogen (secondary N) is 1. The number of alkyl halides is 3. The summed E-state index contributed by atoms with van der Waals surface area (Å²) in [5.74, 6) is 2.58. The topological polar surface area (TPSA) is 79.2 Å². The second kappa shape index (κ2) is 10.4. The van der Waals surface area contributed by atoms with Crippen LogP contribution < -0.4 is 10.2 Å². The summed E-state index contributed by atoms with van der Waals surface area (Å²) in [4.78, 5) is 30.2. The lowest BCUT2D eigenvalue weighted by Crippen LogP contribution is -2.36. The van der Waals surface area contributed by atoms with Crippen molar-refractivity contribution in [3.8, 4) is 0 Å². The number of amides is 1. The number of imidazole rings is 1. The third-order valence-corrected chi connectivity index (χ3v) is 7.64. The SMILES string of the molecule is CC1CC(=O)Nc2ncnc(N3CCC(c4nc(CCC(F)(F)F)cn4CCN4CCCC4)CC3)c21. The van der Waals surface area contributed by atoms with Gasteiger partial charge in [0.1, 0.15) is 23.8 Å². The zero-order valence-corrected chi connectivity index (χ0v) is 20.7. The maximum Gasteiger partial charge on any atom is 0.389 e. The molecule has 1 unspecified atom stereocenters. The fourth-order valence-electron chi connectivity index (χ4n) is 5.74. The van der Waals surface area contributed by atoms with Crippen LogP contribution in [-0.2, 0) is 17.8 Å². The summed E-state index contributed by atoms with van der Waals surface area (Å²) in [6.45, 7) is 7.40. The van der Waals surface area contributed by atoms with Gasteiger partial charge in [-0.3, -0.25) is 4.79 Å². The van der Waals surface area contributed by atoms with E-state index in [1.54, 1.807) is 0 Å². The number of aromatic nitrogens is 4. The number of halogens is 3. The Bertz CT molecular complexity index is 1070. The fourth-order valence-corrected chi connectivity index (χ4v) is 5.74. The highest BCUT2D eigenvalue weighted by Crippen LogP contribution is 2.38. The number of likely N-dealkylation sites (tertiary alicyclic amines) is 1. The van der Waals surface area contributed by atoms with Gasteiger partial charge >= 0.3 is 6.18 Å². The predicted octanol–water partition coefficient (Wildman–Crippen LogP) is 4.09. The molecule has 36 heavy (non-hydrogen) atoms. The van der Waals surface area contributed by atoms with Crippen LogP contribution in [0.4, 0.5) is 24.8 Å². The Morgan fingerprint density at radius 3 is 2.56 bits per heavy atom. The molecule has 5 heterocycles. The largest absolute Gasteiger partial charge is 0.389 e. The van der Waals surface area contributed by atoms with Crippen LogP contribution >= 0.6 is 0 Å². The van der Waals surface area contributed by atoms with Gasteiger partial charge < -0.3 is 19.7 Å². The van der Waals surface area contributed by atoms with Crippen molar-refractivity contribution in [3.63, 3.8) is 0 Å². The van der Waals surface area contributed by atoms with Gasteiger partial charge in [-0.15, -0.1) is 0 Å². The van der Waals surface area contributed by atoms with Crippen LogP contribution in [-0.4, -0.2) is 69.2 Å². The fraction of sp³-hybridized carbons (Fsp3) is 0.680. The van der Waals surface area contributed by atoms with E-state index in [1.807, 2.05) is 13.1 Å². The molecule has 11 heteroatoms. The first kappa shape index (κ1) is 25.0. The normalized spacial score (nSPS) is 21.6. The molecule has 196 valence electrons. The van der Waals surface area contributed by atoms with Gasteiger partial charge in [-0.05, 0) is 51.1 Å². The molecule has 1 amide bonds. The smallest absolute Gasteiger partial charge is 0.356 e. The first-order valence-electron chi connectivity index (χ1n) is 13.0. The van der Waals surface area contributed by atoms with E-state index in [1.165, 1.54) is 19.2 Å². The van der Waals surface area contributed by atoms with Crippen molar-refractivity contribution in [1.29, 1.82) is 0 Å². The van der Waals surface area contributed by atoms with E-state index in [0.29, 0.717) is 17.9 Å². The highest BCUT2D eigenvalue weighted by molar-refractivity contribution is 5.94. The standard InChI is InChI=1S/C25H34F3N7O/c1-17-14-20(36)32-22-21(17)24(30-16-29-22)34-10-5-18(6-11-34)23-31-19(4-7-25(26,27)28)15-35(23)13-12-33-8-2-3-9-33/h15-18H,2-14H2,1H3,(H,29,30,32,36). The van der Waals surface area contributed by atoms with E-state index in [-0.39, 0.29) is 24.2 Å². The highest BCUT2D eigenvalue weighted by atomic mass is 19.4. The van der Waals surface area contributed by atoms with Gasteiger partial charge in [-0.1, -0.05) is 6.92 Å². The first-order chi connectivity index (χ1) is 17.3. The maximum absolute atomic E-state index is 12.8. The Labute approximate surface area is 209 Å². The third-order valence-electron chi connectivity index (χ3n) is 7.64. The number of fused-ring (bicyclic) bond motifs is 1. The second-order valence-corrected chi connectivity index (χ2v) is 10.3. The highest BCUT2D eigenvalue weighted by Gasteiger charge is 2.32. The number of hydrogen-bond acceptors (Lipinski definition) is 6. The van der Waals surface area contributed by atoms with Gasteiger partial charge in [0, 0.05) is 56.7 Å². The van der Waals surface area contributed by atoms with Crippen molar-refractivity contribution in [3.05, 3.63) is 29.6 Å². The van der Waals surface area contributed by atoms with E-state index in [4.69, 9.17) is 4.98 Å². The summed E-state index contributed by atoms with van der Waals surface area (Å²) in [7, 11) is 0. The summed E-state index contributed by atoms with van der Waals surface area (Å²) in [5, 5.41) is 2.86. The lowest BCUT2D eigenvalue weighted by molar-refractivity contribution is -0.134. The quantitative estimate of drug-likeness (QED) is 0.611. The van der Waals surface area contributed by atoms with Crippen molar-refractivity contribution in [2.24, 2.45) is 0 Å². The molecule has 3 aliphatic heterocycles. The average Bonchev–Trinajstić information content (AvgIpc) is 3.50. The predicted molar refractivity (Wildman–Crippen MR) is 130 cm³/mol. The van der Waals surface area contributed by atoms with Gasteiger partial charge in [0.05, 0.1) is 5.69 Å². The molecule has 0 aromatic carbocycles. The van der Waals surface area contributed by atoms with E-state index in [2.05, 4.69) is 29.7 Å². The van der Waals surface area contributed by atoms with Gasteiger partial charge in [0.2, 0.25) is 5.91 Å². The molecule has 2 saturated heterocycles. The molecule has 5 rings (SSSR count). The Morgan fingerprint density at radius 2 is 1.83 bits per heavy atom. The zero-order chi connectivity index (χ0) is 25.3. The summed E-state index contributed by atoms with van der Waals surface area (Å²) in [5.41, 5.74) is 1.51. The van der Waals surface area contributed by atoms with Crippen molar-refractivity contribution >= 4 is 17.5 Å². The third kappa shape index (κ3) is 5.66. The summed E-state index contributed by atoms with van der Waals surface area (Å²) >= 11 is 0. The average molecular weight is 506 g/mol. The van der Waals surface area contributed by atoms with Crippen LogP contribution in [0, 0.1) is 0 Å². The minimum absolute atomic E-state index is 0.0274. The summed E-state index contributed by atoms with van der Waals surface area (Å²) < 4.78 is 40.7. The van der Waals surface area contributed by atoms with Crippen molar-refractivity contribution in [2.75, 3.05) is 42.9 Å². The maximum atomic E-state index is 12.8. The molecule has 2 fully saturated rings. The Balaban J connectivity index is 1.30. The molecule has 3 aliphatic rings. The van der Waals surface area contributed by atoms with Gasteiger partial charge in [0.15, 0.2) is 0 Å². The molecule has 1 N–H and O–H groups in total. The molecule has 2 aromatic rings.